The lowest BCUT2D eigenvalue weighted by Gasteiger charge is -2.26. The zero-order valence-corrected chi connectivity index (χ0v) is 21.4. The first-order valence-corrected chi connectivity index (χ1v) is 12.9. The summed E-state index contributed by atoms with van der Waals surface area (Å²) < 4.78 is 41.7. The van der Waals surface area contributed by atoms with Crippen molar-refractivity contribution in [3.05, 3.63) is 81.1 Å². The molecule has 4 rings (SSSR count). The number of carboxylic acid groups (broad SMARTS) is 1. The van der Waals surface area contributed by atoms with E-state index >= 15 is 0 Å². The summed E-state index contributed by atoms with van der Waals surface area (Å²) in [5.41, 5.74) is 3.83. The van der Waals surface area contributed by atoms with E-state index in [1.54, 1.807) is 12.1 Å². The topological polar surface area (TPSA) is 42.2 Å². The average molecular weight is 538 g/mol. The Hall–Kier alpha value is -2.44. The lowest BCUT2D eigenvalue weighted by Crippen LogP contribution is -2.17. The maximum atomic E-state index is 13.2. The van der Waals surface area contributed by atoms with E-state index in [0.29, 0.717) is 16.5 Å². The molecule has 0 fully saturated rings. The molecular formula is C28H28Cl2F3NO2. The van der Waals surface area contributed by atoms with Crippen LogP contribution in [0.5, 0.6) is 0 Å². The molecule has 0 saturated carbocycles. The number of rotatable bonds is 7. The van der Waals surface area contributed by atoms with Gasteiger partial charge < -0.3 is 9.67 Å². The number of fused-ring (bicyclic) bond motifs is 1. The highest BCUT2D eigenvalue weighted by Crippen LogP contribution is 2.44. The molecule has 1 aromatic heterocycles. The second kappa shape index (κ2) is 10.9. The van der Waals surface area contributed by atoms with E-state index in [4.69, 9.17) is 23.2 Å². The summed E-state index contributed by atoms with van der Waals surface area (Å²) in [6.07, 6.45) is 2.44. The van der Waals surface area contributed by atoms with Crippen LogP contribution in [0, 0.1) is 0 Å². The molecule has 1 aliphatic carbocycles. The van der Waals surface area contributed by atoms with Gasteiger partial charge in [-0.3, -0.25) is 4.79 Å². The smallest absolute Gasteiger partial charge is 0.416 e. The van der Waals surface area contributed by atoms with Gasteiger partial charge in [0, 0.05) is 39.0 Å². The third-order valence-electron chi connectivity index (χ3n) is 6.96. The van der Waals surface area contributed by atoms with Crippen LogP contribution in [0.15, 0.2) is 48.7 Å². The first-order valence-electron chi connectivity index (χ1n) is 12.2. The molecule has 2 atom stereocenters. The van der Waals surface area contributed by atoms with E-state index in [0.717, 1.165) is 72.2 Å². The van der Waals surface area contributed by atoms with Crippen LogP contribution in [0.2, 0.25) is 10.0 Å². The van der Waals surface area contributed by atoms with E-state index in [9.17, 15) is 23.1 Å². The minimum atomic E-state index is -4.41. The van der Waals surface area contributed by atoms with Gasteiger partial charge in [0.2, 0.25) is 0 Å². The molecular weight excluding hydrogens is 510 g/mol. The number of carboxylic acids is 1. The van der Waals surface area contributed by atoms with E-state index < -0.39 is 17.7 Å². The van der Waals surface area contributed by atoms with Crippen LogP contribution < -0.4 is 0 Å². The van der Waals surface area contributed by atoms with Gasteiger partial charge in [0.25, 0.3) is 0 Å². The quantitative estimate of drug-likeness (QED) is 0.305. The van der Waals surface area contributed by atoms with Crippen molar-refractivity contribution in [2.45, 2.75) is 70.0 Å². The minimum Gasteiger partial charge on any atom is -0.481 e. The van der Waals surface area contributed by atoms with Crippen molar-refractivity contribution in [1.82, 2.24) is 4.57 Å². The highest BCUT2D eigenvalue weighted by molar-refractivity contribution is 6.36. The lowest BCUT2D eigenvalue weighted by atomic mass is 9.92. The standard InChI is InChI=1S/C28H28Cl2F3NO2/c1-2-5-25(17-8-10-19(11-9-17)28(31,32)33)34-16-23(21-13-12-20(29)15-24(21)30)22-7-4-3-6-18(27(22)34)14-26(35)36/h8-13,15-16,18,25H,2-7,14H2,1H3,(H,35,36). The number of aliphatic carboxylic acids is 1. The molecule has 0 bridgehead atoms. The van der Waals surface area contributed by atoms with Crippen molar-refractivity contribution in [2.24, 2.45) is 0 Å². The second-order valence-corrected chi connectivity index (χ2v) is 10.2. The van der Waals surface area contributed by atoms with Gasteiger partial charge >= 0.3 is 12.1 Å². The van der Waals surface area contributed by atoms with Crippen LogP contribution in [-0.4, -0.2) is 15.6 Å². The van der Waals surface area contributed by atoms with E-state index in [1.165, 1.54) is 12.1 Å². The normalized spacial score (nSPS) is 16.9. The van der Waals surface area contributed by atoms with Gasteiger partial charge in [-0.15, -0.1) is 0 Å². The van der Waals surface area contributed by atoms with Gasteiger partial charge in [0.1, 0.15) is 0 Å². The molecule has 1 N–H and O–H groups in total. The molecule has 0 amide bonds. The van der Waals surface area contributed by atoms with Crippen LogP contribution >= 0.6 is 23.2 Å². The molecule has 3 nitrogen and oxygen atoms in total. The predicted molar refractivity (Wildman–Crippen MR) is 137 cm³/mol. The number of nitrogens with zero attached hydrogens (tertiary/aromatic N) is 1. The van der Waals surface area contributed by atoms with Crippen LogP contribution in [0.25, 0.3) is 11.1 Å². The Labute approximate surface area is 218 Å². The Balaban J connectivity index is 1.92. The molecule has 2 unspecified atom stereocenters. The van der Waals surface area contributed by atoms with Gasteiger partial charge in [0.15, 0.2) is 0 Å². The molecule has 0 aliphatic heterocycles. The Morgan fingerprint density at radius 2 is 1.83 bits per heavy atom. The SMILES string of the molecule is CCCC(c1ccc(C(F)(F)F)cc1)n1cc(-c2ccc(Cl)cc2Cl)c2c1C(CC(=O)O)CCCC2. The fourth-order valence-corrected chi connectivity index (χ4v) is 5.88. The third kappa shape index (κ3) is 5.60. The second-order valence-electron chi connectivity index (χ2n) is 9.40. The Morgan fingerprint density at radius 1 is 1.11 bits per heavy atom. The predicted octanol–water partition coefficient (Wildman–Crippen LogP) is 9.15. The Bertz CT molecular complexity index is 1230. The maximum absolute atomic E-state index is 13.2. The number of alkyl halides is 3. The van der Waals surface area contributed by atoms with Crippen molar-refractivity contribution < 1.29 is 23.1 Å². The molecule has 1 aliphatic rings. The molecule has 3 aromatic rings. The van der Waals surface area contributed by atoms with Crippen molar-refractivity contribution in [1.29, 1.82) is 0 Å². The molecule has 8 heteroatoms. The van der Waals surface area contributed by atoms with Gasteiger partial charge in [-0.2, -0.15) is 13.2 Å². The third-order valence-corrected chi connectivity index (χ3v) is 7.51. The summed E-state index contributed by atoms with van der Waals surface area (Å²) in [5, 5.41) is 10.7. The monoisotopic (exact) mass is 537 g/mol. The van der Waals surface area contributed by atoms with Crippen molar-refractivity contribution in [2.75, 3.05) is 0 Å². The highest BCUT2D eigenvalue weighted by atomic mass is 35.5. The lowest BCUT2D eigenvalue weighted by molar-refractivity contribution is -0.138. The van der Waals surface area contributed by atoms with Crippen LogP contribution in [0.1, 0.15) is 79.8 Å². The minimum absolute atomic E-state index is 0.00331. The molecule has 0 radical (unpaired) electrons. The number of benzene rings is 2. The first-order chi connectivity index (χ1) is 17.1. The van der Waals surface area contributed by atoms with Crippen molar-refractivity contribution in [3.8, 4) is 11.1 Å². The number of halogens is 5. The zero-order chi connectivity index (χ0) is 26.0. The van der Waals surface area contributed by atoms with Gasteiger partial charge in [-0.05, 0) is 61.1 Å². The fraction of sp³-hybridized carbons (Fsp3) is 0.393. The van der Waals surface area contributed by atoms with E-state index in [1.807, 2.05) is 19.2 Å². The average Bonchev–Trinajstić information content (AvgIpc) is 3.05. The zero-order valence-electron chi connectivity index (χ0n) is 19.9. The van der Waals surface area contributed by atoms with E-state index in [2.05, 4.69) is 4.57 Å². The summed E-state index contributed by atoms with van der Waals surface area (Å²) in [6, 6.07) is 10.4. The Morgan fingerprint density at radius 3 is 2.44 bits per heavy atom. The molecule has 0 saturated heterocycles. The fourth-order valence-electron chi connectivity index (χ4n) is 5.37. The highest BCUT2D eigenvalue weighted by Gasteiger charge is 2.33. The largest absolute Gasteiger partial charge is 0.481 e. The van der Waals surface area contributed by atoms with Crippen molar-refractivity contribution in [3.63, 3.8) is 0 Å². The summed E-state index contributed by atoms with van der Waals surface area (Å²) >= 11 is 12.7. The molecule has 2 aromatic carbocycles. The molecule has 0 spiro atoms. The van der Waals surface area contributed by atoms with Crippen LogP contribution in [0.4, 0.5) is 13.2 Å². The number of aromatic nitrogens is 1. The van der Waals surface area contributed by atoms with Gasteiger partial charge in [-0.1, -0.05) is 61.2 Å². The van der Waals surface area contributed by atoms with E-state index in [-0.39, 0.29) is 18.4 Å². The summed E-state index contributed by atoms with van der Waals surface area (Å²) in [4.78, 5) is 11.8. The number of hydrogen-bond acceptors (Lipinski definition) is 1. The summed E-state index contributed by atoms with van der Waals surface area (Å²) in [6.45, 7) is 2.03. The van der Waals surface area contributed by atoms with Crippen LogP contribution in [-0.2, 0) is 17.4 Å². The summed E-state index contributed by atoms with van der Waals surface area (Å²) in [5.74, 6) is -1.07. The molecule has 192 valence electrons. The Kier molecular flexibility index (Phi) is 8.06. The number of carbonyl (C=O) groups is 1. The maximum Gasteiger partial charge on any atom is 0.416 e. The molecule has 1 heterocycles. The van der Waals surface area contributed by atoms with Gasteiger partial charge in [0.05, 0.1) is 18.0 Å². The van der Waals surface area contributed by atoms with Crippen LogP contribution in [0.3, 0.4) is 0 Å². The number of hydrogen-bond donors (Lipinski definition) is 1. The summed E-state index contributed by atoms with van der Waals surface area (Å²) in [7, 11) is 0. The van der Waals surface area contributed by atoms with Crippen molar-refractivity contribution >= 4 is 29.2 Å². The van der Waals surface area contributed by atoms with Gasteiger partial charge in [-0.25, -0.2) is 0 Å². The molecule has 36 heavy (non-hydrogen) atoms. The first kappa shape index (κ1) is 26.6.